The van der Waals surface area contributed by atoms with E-state index < -0.39 is 27.1 Å². The van der Waals surface area contributed by atoms with Crippen LogP contribution in [0.2, 0.25) is 0 Å². The first-order chi connectivity index (χ1) is 14.1. The number of non-ortho nitro benzene ring substituents is 2. The van der Waals surface area contributed by atoms with E-state index >= 15 is 0 Å². The van der Waals surface area contributed by atoms with Crippen LogP contribution in [-0.4, -0.2) is 26.8 Å². The van der Waals surface area contributed by atoms with E-state index in [4.69, 9.17) is 12.2 Å². The maximum absolute atomic E-state index is 12.4. The first-order valence-electron chi connectivity index (χ1n) is 8.58. The fourth-order valence-corrected chi connectivity index (χ4v) is 2.61. The Hall–Kier alpha value is -3.93. The smallest absolute Gasteiger partial charge is 0.277 e. The molecule has 12 heteroatoms. The SMILES string of the molecule is CCC(=O)Nc1cccc(NC(=S)NC(=O)c2cc([N+](=O)[O-])cc([N+](=O)[O-])c2)c1C. The number of nitro benzene ring substituents is 2. The first kappa shape index (κ1) is 22.4. The second-order valence-electron chi connectivity index (χ2n) is 6.04. The monoisotopic (exact) mass is 431 g/mol. The number of nitrogens with zero attached hydrogens (tertiary/aromatic N) is 2. The zero-order valence-electron chi connectivity index (χ0n) is 15.9. The summed E-state index contributed by atoms with van der Waals surface area (Å²) in [5.41, 5.74) is 0.268. The van der Waals surface area contributed by atoms with E-state index in [0.717, 1.165) is 18.2 Å². The van der Waals surface area contributed by atoms with E-state index in [0.29, 0.717) is 23.4 Å². The lowest BCUT2D eigenvalue weighted by Gasteiger charge is -2.15. The summed E-state index contributed by atoms with van der Waals surface area (Å²) in [4.78, 5) is 44.3. The summed E-state index contributed by atoms with van der Waals surface area (Å²) in [6, 6.07) is 7.64. The van der Waals surface area contributed by atoms with Gasteiger partial charge in [0.15, 0.2) is 5.11 Å². The Kier molecular flexibility index (Phi) is 7.09. The van der Waals surface area contributed by atoms with Gasteiger partial charge in [0.2, 0.25) is 5.91 Å². The molecule has 0 aliphatic rings. The van der Waals surface area contributed by atoms with Crippen molar-refractivity contribution in [3.8, 4) is 0 Å². The minimum Gasteiger partial charge on any atom is -0.332 e. The van der Waals surface area contributed by atoms with Gasteiger partial charge in [-0.3, -0.25) is 35.1 Å². The summed E-state index contributed by atoms with van der Waals surface area (Å²) in [7, 11) is 0. The normalized spacial score (nSPS) is 10.1. The molecule has 0 saturated carbocycles. The molecule has 0 aliphatic carbocycles. The summed E-state index contributed by atoms with van der Waals surface area (Å²) in [5.74, 6) is -1.02. The molecule has 3 N–H and O–H groups in total. The molecule has 11 nitrogen and oxygen atoms in total. The van der Waals surface area contributed by atoms with Crippen molar-refractivity contribution in [2.45, 2.75) is 20.3 Å². The Balaban J connectivity index is 2.18. The van der Waals surface area contributed by atoms with Gasteiger partial charge in [-0.25, -0.2) is 0 Å². The zero-order valence-corrected chi connectivity index (χ0v) is 16.7. The molecule has 0 radical (unpaired) electrons. The van der Waals surface area contributed by atoms with Crippen molar-refractivity contribution < 1.29 is 19.4 Å². The predicted molar refractivity (Wildman–Crippen MR) is 114 cm³/mol. The van der Waals surface area contributed by atoms with Gasteiger partial charge in [0.05, 0.1) is 21.5 Å². The molecule has 0 aromatic heterocycles. The number of nitrogens with one attached hydrogen (secondary N) is 3. The van der Waals surface area contributed by atoms with Crippen LogP contribution in [0.1, 0.15) is 29.3 Å². The Morgan fingerprint density at radius 3 is 2.03 bits per heavy atom. The molecule has 2 rings (SSSR count). The van der Waals surface area contributed by atoms with Crippen molar-refractivity contribution in [3.63, 3.8) is 0 Å². The molecule has 2 aromatic rings. The maximum Gasteiger partial charge on any atom is 0.277 e. The molecule has 0 saturated heterocycles. The number of carbonyl (C=O) groups excluding carboxylic acids is 2. The number of benzene rings is 2. The van der Waals surface area contributed by atoms with E-state index in [1.807, 2.05) is 0 Å². The molecule has 0 spiro atoms. The van der Waals surface area contributed by atoms with Gasteiger partial charge < -0.3 is 10.6 Å². The van der Waals surface area contributed by atoms with Gasteiger partial charge >= 0.3 is 0 Å². The van der Waals surface area contributed by atoms with Crippen LogP contribution < -0.4 is 16.0 Å². The van der Waals surface area contributed by atoms with Crippen LogP contribution >= 0.6 is 12.2 Å². The molecular weight excluding hydrogens is 414 g/mol. The first-order valence-corrected chi connectivity index (χ1v) is 8.98. The average Bonchev–Trinajstić information content (AvgIpc) is 2.70. The number of amides is 2. The van der Waals surface area contributed by atoms with E-state index in [2.05, 4.69) is 16.0 Å². The van der Waals surface area contributed by atoms with Gasteiger partial charge in [-0.05, 0) is 36.8 Å². The van der Waals surface area contributed by atoms with Crippen LogP contribution in [-0.2, 0) is 4.79 Å². The molecule has 30 heavy (non-hydrogen) atoms. The average molecular weight is 431 g/mol. The molecule has 0 bridgehead atoms. The fraction of sp³-hybridized carbons (Fsp3) is 0.167. The summed E-state index contributed by atoms with van der Waals surface area (Å²) in [6.45, 7) is 3.46. The standard InChI is InChI=1S/C18H17N5O6S/c1-3-16(24)19-14-5-4-6-15(10(14)2)20-18(30)21-17(25)11-7-12(22(26)27)9-13(8-11)23(28)29/h4-9H,3H2,1-2H3,(H,19,24)(H2,20,21,25,30). The Morgan fingerprint density at radius 1 is 1.00 bits per heavy atom. The van der Waals surface area contributed by atoms with Crippen LogP contribution in [0.4, 0.5) is 22.7 Å². The third kappa shape index (κ3) is 5.54. The minimum absolute atomic E-state index is 0.128. The molecule has 2 aromatic carbocycles. The lowest BCUT2D eigenvalue weighted by Crippen LogP contribution is -2.34. The van der Waals surface area contributed by atoms with Crippen LogP contribution in [0.15, 0.2) is 36.4 Å². The lowest BCUT2D eigenvalue weighted by molar-refractivity contribution is -0.394. The summed E-state index contributed by atoms with van der Waals surface area (Å²) in [6.07, 6.45) is 0.306. The van der Waals surface area contributed by atoms with Gasteiger partial charge in [0.1, 0.15) is 0 Å². The predicted octanol–water partition coefficient (Wildman–Crippen LogP) is 3.29. The van der Waals surface area contributed by atoms with Gasteiger partial charge in [-0.15, -0.1) is 0 Å². The highest BCUT2D eigenvalue weighted by Gasteiger charge is 2.20. The van der Waals surface area contributed by atoms with Gasteiger partial charge in [0, 0.05) is 29.9 Å². The van der Waals surface area contributed by atoms with Gasteiger partial charge in [-0.2, -0.15) is 0 Å². The number of rotatable bonds is 6. The van der Waals surface area contributed by atoms with Crippen LogP contribution in [0.5, 0.6) is 0 Å². The molecule has 0 fully saturated rings. The Bertz CT molecular complexity index is 1020. The molecular formula is C18H17N5O6S. The second-order valence-corrected chi connectivity index (χ2v) is 6.45. The number of carbonyl (C=O) groups is 2. The third-order valence-electron chi connectivity index (χ3n) is 3.99. The number of hydrogen-bond acceptors (Lipinski definition) is 7. The van der Waals surface area contributed by atoms with Crippen molar-refractivity contribution in [1.82, 2.24) is 5.32 Å². The van der Waals surface area contributed by atoms with Crippen LogP contribution in [0.25, 0.3) is 0 Å². The molecule has 0 unspecified atom stereocenters. The number of hydrogen-bond donors (Lipinski definition) is 3. The summed E-state index contributed by atoms with van der Waals surface area (Å²) in [5, 5.41) is 29.7. The highest BCUT2D eigenvalue weighted by atomic mass is 32.1. The van der Waals surface area contributed by atoms with Crippen molar-refractivity contribution in [2.24, 2.45) is 0 Å². The molecule has 0 atom stereocenters. The highest BCUT2D eigenvalue weighted by molar-refractivity contribution is 7.80. The molecule has 2 amide bonds. The lowest BCUT2D eigenvalue weighted by atomic mass is 10.1. The van der Waals surface area contributed by atoms with E-state index in [1.165, 1.54) is 0 Å². The highest BCUT2D eigenvalue weighted by Crippen LogP contribution is 2.24. The summed E-state index contributed by atoms with van der Waals surface area (Å²) >= 11 is 5.10. The van der Waals surface area contributed by atoms with E-state index in [-0.39, 0.29) is 16.6 Å². The topological polar surface area (TPSA) is 157 Å². The fourth-order valence-electron chi connectivity index (χ4n) is 2.41. The quantitative estimate of drug-likeness (QED) is 0.357. The molecule has 156 valence electrons. The van der Waals surface area contributed by atoms with Gasteiger partial charge in [-0.1, -0.05) is 13.0 Å². The number of anilines is 2. The van der Waals surface area contributed by atoms with Crippen molar-refractivity contribution in [2.75, 3.05) is 10.6 Å². The van der Waals surface area contributed by atoms with Crippen molar-refractivity contribution >= 4 is 51.9 Å². The number of thiocarbonyl (C=S) groups is 1. The maximum atomic E-state index is 12.4. The summed E-state index contributed by atoms with van der Waals surface area (Å²) < 4.78 is 0. The van der Waals surface area contributed by atoms with E-state index in [9.17, 15) is 29.8 Å². The van der Waals surface area contributed by atoms with Crippen molar-refractivity contribution in [1.29, 1.82) is 0 Å². The second kappa shape index (κ2) is 9.52. The largest absolute Gasteiger partial charge is 0.332 e. The Labute approximate surface area is 175 Å². The van der Waals surface area contributed by atoms with Crippen LogP contribution in [0, 0.1) is 27.2 Å². The third-order valence-corrected chi connectivity index (χ3v) is 4.19. The minimum atomic E-state index is -0.854. The van der Waals surface area contributed by atoms with E-state index in [1.54, 1.807) is 32.0 Å². The van der Waals surface area contributed by atoms with Crippen molar-refractivity contribution in [3.05, 3.63) is 67.8 Å². The van der Waals surface area contributed by atoms with Gasteiger partial charge in [0.25, 0.3) is 17.3 Å². The Morgan fingerprint density at radius 2 is 1.53 bits per heavy atom. The molecule has 0 heterocycles. The number of nitro groups is 2. The molecule has 0 aliphatic heterocycles. The zero-order chi connectivity index (χ0) is 22.4. The van der Waals surface area contributed by atoms with Crippen LogP contribution in [0.3, 0.4) is 0 Å².